The molecule has 0 saturated carbocycles. The van der Waals surface area contributed by atoms with Crippen LogP contribution in [0.25, 0.3) is 0 Å². The van der Waals surface area contributed by atoms with Crippen molar-refractivity contribution in [1.29, 1.82) is 0 Å². The van der Waals surface area contributed by atoms with Crippen LogP contribution < -0.4 is 11.1 Å². The molecule has 7 heteroatoms. The average Bonchev–Trinajstić information content (AvgIpc) is 2.19. The van der Waals surface area contributed by atoms with E-state index in [1.807, 2.05) is 0 Å². The second-order valence-electron chi connectivity index (χ2n) is 2.78. The van der Waals surface area contributed by atoms with Crippen LogP contribution in [-0.4, -0.2) is 73.8 Å². The predicted octanol–water partition coefficient (Wildman–Crippen LogP) is -0.357. The summed E-state index contributed by atoms with van der Waals surface area (Å²) in [6.45, 7) is 0. The van der Waals surface area contributed by atoms with E-state index in [9.17, 15) is 9.59 Å². The summed E-state index contributed by atoms with van der Waals surface area (Å²) in [6, 6.07) is 6.52. The molecule has 17 heavy (non-hydrogen) atoms. The number of nitrogens with one attached hydrogen (secondary N) is 1. The molecule has 0 aromatic heterocycles. The van der Waals surface area contributed by atoms with Crippen molar-refractivity contribution in [1.82, 2.24) is 0 Å². The van der Waals surface area contributed by atoms with E-state index in [1.165, 1.54) is 0 Å². The quantitative estimate of drug-likeness (QED) is 0.391. The minimum absolute atomic E-state index is 0. The molecule has 0 fully saturated rings. The second-order valence-corrected chi connectivity index (χ2v) is 2.78. The van der Waals surface area contributed by atoms with E-state index < -0.39 is 11.9 Å². The third-order valence-corrected chi connectivity index (χ3v) is 1.56. The fraction of sp³-hybridized carbons (Fsp3) is 0. The van der Waals surface area contributed by atoms with Crippen LogP contribution in [0, 0.1) is 0 Å². The number of nitrogen functional groups attached to an aromatic ring is 1. The molecule has 87 valence electrons. The van der Waals surface area contributed by atoms with Crippen LogP contribution in [0.4, 0.5) is 11.4 Å². The largest absolute Gasteiger partial charge is 0.478 e. The maximum absolute atomic E-state index is 11.1. The Labute approximate surface area is 141 Å². The van der Waals surface area contributed by atoms with Gasteiger partial charge in [-0.25, -0.2) is 4.79 Å². The van der Waals surface area contributed by atoms with Crippen LogP contribution in [0.15, 0.2) is 36.4 Å². The number of hydrogen-bond acceptors (Lipinski definition) is 3. The van der Waals surface area contributed by atoms with Crippen molar-refractivity contribution in [3.8, 4) is 0 Å². The third-order valence-electron chi connectivity index (χ3n) is 1.56. The number of carbonyl (C=O) groups excluding carboxylic acids is 1. The fourth-order valence-electron chi connectivity index (χ4n) is 0.897. The van der Waals surface area contributed by atoms with Crippen molar-refractivity contribution >= 4 is 74.6 Å². The Balaban J connectivity index is 0. The molecule has 0 atom stereocenters. The average molecular weight is 263 g/mol. The molecule has 0 aliphatic heterocycles. The van der Waals surface area contributed by atoms with E-state index in [0.29, 0.717) is 11.4 Å². The normalized spacial score (nSPS) is 8.94. The van der Waals surface area contributed by atoms with Gasteiger partial charge in [-0.15, -0.1) is 0 Å². The monoisotopic (exact) mass is 263 g/mol. The summed E-state index contributed by atoms with van der Waals surface area (Å²) in [5.41, 5.74) is 6.60. The van der Waals surface area contributed by atoms with E-state index in [1.54, 1.807) is 24.3 Å². The molecular formula is C10H12KN2O4. The zero-order chi connectivity index (χ0) is 11.3. The van der Waals surface area contributed by atoms with Gasteiger partial charge in [0.1, 0.15) is 0 Å². The van der Waals surface area contributed by atoms with Crippen LogP contribution >= 0.6 is 0 Å². The number of carboxylic acids is 1. The molecule has 0 saturated heterocycles. The van der Waals surface area contributed by atoms with Crippen LogP contribution in [0.3, 0.4) is 0 Å². The minimum Gasteiger partial charge on any atom is -0.478 e. The number of anilines is 2. The number of hydrogen-bond donors (Lipinski definition) is 3. The number of amides is 1. The van der Waals surface area contributed by atoms with Crippen LogP contribution in [-0.2, 0) is 9.59 Å². The zero-order valence-electron chi connectivity index (χ0n) is 9.31. The number of aliphatic carboxylic acids is 1. The molecule has 0 aliphatic rings. The van der Waals surface area contributed by atoms with E-state index >= 15 is 0 Å². The molecule has 1 rings (SSSR count). The van der Waals surface area contributed by atoms with Crippen LogP contribution in [0.1, 0.15) is 0 Å². The Morgan fingerprint density at radius 3 is 2.18 bits per heavy atom. The number of benzene rings is 1. The summed E-state index contributed by atoms with van der Waals surface area (Å²) in [7, 11) is 0. The summed E-state index contributed by atoms with van der Waals surface area (Å²) in [6.07, 6.45) is 1.71. The standard InChI is InChI=1S/C10H10N2O3.K.H2O/c11-7-1-3-8(4-2-7)12-9(13)5-6-10(14)15;;/h1-6H,11H2,(H,12,13)(H,14,15);;1H2/b6-5-;;. The van der Waals surface area contributed by atoms with Crippen molar-refractivity contribution in [2.45, 2.75) is 0 Å². The maximum Gasteiger partial charge on any atom is 0.328 e. The van der Waals surface area contributed by atoms with E-state index in [0.717, 1.165) is 12.2 Å². The van der Waals surface area contributed by atoms with E-state index in [4.69, 9.17) is 10.8 Å². The molecule has 6 nitrogen and oxygen atoms in total. The van der Waals surface area contributed by atoms with E-state index in [-0.39, 0.29) is 56.9 Å². The summed E-state index contributed by atoms with van der Waals surface area (Å²) in [5, 5.41) is 10.8. The smallest absolute Gasteiger partial charge is 0.328 e. The summed E-state index contributed by atoms with van der Waals surface area (Å²) in [5.74, 6) is -1.66. The molecule has 1 amide bonds. The second kappa shape index (κ2) is 9.34. The maximum atomic E-state index is 11.1. The van der Waals surface area contributed by atoms with Gasteiger partial charge in [0.15, 0.2) is 0 Å². The molecule has 0 bridgehead atoms. The first-order valence-electron chi connectivity index (χ1n) is 4.15. The third kappa shape index (κ3) is 8.08. The Bertz CT molecular complexity index is 403. The zero-order valence-corrected chi connectivity index (χ0v) is 12.4. The number of carbonyl (C=O) groups is 2. The topological polar surface area (TPSA) is 124 Å². The van der Waals surface area contributed by atoms with Crippen molar-refractivity contribution < 1.29 is 20.2 Å². The molecule has 0 spiro atoms. The van der Waals surface area contributed by atoms with Gasteiger partial charge in [0.25, 0.3) is 0 Å². The Morgan fingerprint density at radius 2 is 1.71 bits per heavy atom. The number of rotatable bonds is 3. The van der Waals surface area contributed by atoms with Gasteiger partial charge in [-0.2, -0.15) is 0 Å². The molecule has 0 heterocycles. The van der Waals surface area contributed by atoms with Gasteiger partial charge in [-0.1, -0.05) is 0 Å². The van der Waals surface area contributed by atoms with Gasteiger partial charge in [0.05, 0.1) is 0 Å². The summed E-state index contributed by atoms with van der Waals surface area (Å²) >= 11 is 0. The van der Waals surface area contributed by atoms with Crippen LogP contribution in [0.5, 0.6) is 0 Å². The van der Waals surface area contributed by atoms with Gasteiger partial charge in [-0.05, 0) is 24.3 Å². The van der Waals surface area contributed by atoms with Gasteiger partial charge in [0.2, 0.25) is 5.91 Å². The predicted molar refractivity (Wildman–Crippen MR) is 65.6 cm³/mol. The van der Waals surface area contributed by atoms with Gasteiger partial charge in [-0.3, -0.25) is 4.79 Å². The summed E-state index contributed by atoms with van der Waals surface area (Å²) in [4.78, 5) is 21.2. The minimum atomic E-state index is -1.16. The first-order valence-corrected chi connectivity index (χ1v) is 4.15. The van der Waals surface area contributed by atoms with E-state index in [2.05, 4.69) is 5.32 Å². The fourth-order valence-corrected chi connectivity index (χ4v) is 0.897. The molecule has 0 aliphatic carbocycles. The number of nitrogens with two attached hydrogens (primary N) is 1. The summed E-state index contributed by atoms with van der Waals surface area (Å²) < 4.78 is 0. The molecule has 1 aromatic rings. The molecular weight excluding hydrogens is 251 g/mol. The van der Waals surface area contributed by atoms with Crippen molar-refractivity contribution in [2.24, 2.45) is 0 Å². The Morgan fingerprint density at radius 1 is 1.18 bits per heavy atom. The Kier molecular flexibility index (Phi) is 10.2. The number of carboxylic acid groups (broad SMARTS) is 1. The van der Waals surface area contributed by atoms with Gasteiger partial charge >= 0.3 is 5.97 Å². The van der Waals surface area contributed by atoms with Crippen molar-refractivity contribution in [3.05, 3.63) is 36.4 Å². The first kappa shape index (κ1) is 18.7. The molecule has 6 N–H and O–H groups in total. The molecule has 1 radical (unpaired) electrons. The molecule has 1 aromatic carbocycles. The van der Waals surface area contributed by atoms with Crippen molar-refractivity contribution in [3.63, 3.8) is 0 Å². The van der Waals surface area contributed by atoms with Crippen LogP contribution in [0.2, 0.25) is 0 Å². The first-order chi connectivity index (χ1) is 7.08. The van der Waals surface area contributed by atoms with Gasteiger partial charge in [0, 0.05) is 74.9 Å². The molecule has 0 unspecified atom stereocenters. The van der Waals surface area contributed by atoms with Crippen molar-refractivity contribution in [2.75, 3.05) is 11.1 Å². The SMILES string of the molecule is Nc1ccc(NC(=O)/C=C\C(=O)O)cc1.O.[K]. The van der Waals surface area contributed by atoms with Gasteiger partial charge < -0.3 is 21.6 Å². The Hall–Kier alpha value is -0.704.